The molecule has 1 aromatic rings. The lowest BCUT2D eigenvalue weighted by atomic mass is 10.3. The fourth-order valence-corrected chi connectivity index (χ4v) is 2.04. The van der Waals surface area contributed by atoms with Gasteiger partial charge >= 0.3 is 0 Å². The van der Waals surface area contributed by atoms with Crippen molar-refractivity contribution in [3.63, 3.8) is 0 Å². The minimum atomic E-state index is 0.617. The van der Waals surface area contributed by atoms with E-state index in [2.05, 4.69) is 21.2 Å². The molecule has 0 fully saturated rings. The van der Waals surface area contributed by atoms with Gasteiger partial charge in [0.25, 0.3) is 0 Å². The highest BCUT2D eigenvalue weighted by Crippen LogP contribution is 2.27. The molecule has 1 rings (SSSR count). The highest BCUT2D eigenvalue weighted by atomic mass is 79.9. The second-order valence-electron chi connectivity index (χ2n) is 3.37. The normalized spacial score (nSPS) is 10.5. The minimum Gasteiger partial charge on any atom is -0.491 e. The van der Waals surface area contributed by atoms with Crippen LogP contribution in [0.4, 0.5) is 0 Å². The van der Waals surface area contributed by atoms with Crippen molar-refractivity contribution in [2.45, 2.75) is 6.92 Å². The summed E-state index contributed by atoms with van der Waals surface area (Å²) in [5.41, 5.74) is 0. The molecule has 0 radical (unpaired) electrons. The molecule has 1 aromatic carbocycles. The predicted molar refractivity (Wildman–Crippen MR) is 74.0 cm³/mol. The van der Waals surface area contributed by atoms with E-state index < -0.39 is 0 Å². The van der Waals surface area contributed by atoms with E-state index in [0.717, 1.165) is 36.5 Å². The maximum absolute atomic E-state index is 5.84. The number of ether oxygens (including phenoxy) is 2. The smallest absolute Gasteiger partial charge is 0.133 e. The molecule has 0 aromatic heterocycles. The van der Waals surface area contributed by atoms with Crippen LogP contribution >= 0.6 is 27.5 Å². The van der Waals surface area contributed by atoms with Crippen LogP contribution in [0, 0.1) is 0 Å². The Labute approximate surface area is 116 Å². The molecule has 0 aliphatic heterocycles. The van der Waals surface area contributed by atoms with Gasteiger partial charge < -0.3 is 14.8 Å². The maximum atomic E-state index is 5.84. The van der Waals surface area contributed by atoms with E-state index in [4.69, 9.17) is 21.1 Å². The topological polar surface area (TPSA) is 30.5 Å². The number of rotatable bonds is 8. The predicted octanol–water partition coefficient (Wildman–Crippen LogP) is 3.11. The van der Waals surface area contributed by atoms with E-state index in [9.17, 15) is 0 Å². The van der Waals surface area contributed by atoms with Gasteiger partial charge in [-0.2, -0.15) is 0 Å². The highest BCUT2D eigenvalue weighted by Gasteiger charge is 2.01. The Hall–Kier alpha value is -0.290. The van der Waals surface area contributed by atoms with Crippen molar-refractivity contribution >= 4 is 27.5 Å². The third kappa shape index (κ3) is 6.27. The van der Waals surface area contributed by atoms with Gasteiger partial charge in [-0.3, -0.25) is 0 Å². The number of hydrogen-bond donors (Lipinski definition) is 1. The number of nitrogens with one attached hydrogen (secondary N) is 1. The quantitative estimate of drug-likeness (QED) is 0.746. The summed E-state index contributed by atoms with van der Waals surface area (Å²) in [6.07, 6.45) is 0. The Morgan fingerprint density at radius 2 is 2.06 bits per heavy atom. The van der Waals surface area contributed by atoms with E-state index in [0.29, 0.717) is 11.6 Å². The fraction of sp³-hybridized carbons (Fsp3) is 0.500. The summed E-state index contributed by atoms with van der Waals surface area (Å²) in [7, 11) is 0. The van der Waals surface area contributed by atoms with E-state index in [-0.39, 0.29) is 0 Å². The Morgan fingerprint density at radius 1 is 1.29 bits per heavy atom. The van der Waals surface area contributed by atoms with Gasteiger partial charge in [0, 0.05) is 24.7 Å². The molecule has 3 nitrogen and oxygen atoms in total. The first-order valence-electron chi connectivity index (χ1n) is 5.60. The third-order valence-corrected chi connectivity index (χ3v) is 2.91. The van der Waals surface area contributed by atoms with Gasteiger partial charge in [0.1, 0.15) is 12.4 Å². The lowest BCUT2D eigenvalue weighted by Crippen LogP contribution is -2.25. The monoisotopic (exact) mass is 321 g/mol. The molecule has 0 atom stereocenters. The van der Waals surface area contributed by atoms with Crippen LogP contribution in [-0.4, -0.2) is 32.9 Å². The molecular weight excluding hydrogens is 305 g/mol. The van der Waals surface area contributed by atoms with E-state index in [1.165, 1.54) is 0 Å². The van der Waals surface area contributed by atoms with Crippen molar-refractivity contribution in [2.24, 2.45) is 0 Å². The zero-order chi connectivity index (χ0) is 12.5. The summed E-state index contributed by atoms with van der Waals surface area (Å²) in [6.45, 7) is 5.74. The summed E-state index contributed by atoms with van der Waals surface area (Å²) in [4.78, 5) is 0. The Kier molecular flexibility index (Phi) is 7.60. The zero-order valence-corrected chi connectivity index (χ0v) is 12.2. The number of hydrogen-bond acceptors (Lipinski definition) is 3. The first kappa shape index (κ1) is 14.8. The van der Waals surface area contributed by atoms with Crippen molar-refractivity contribution in [1.29, 1.82) is 0 Å². The van der Waals surface area contributed by atoms with Crippen LogP contribution in [0.25, 0.3) is 0 Å². The molecule has 17 heavy (non-hydrogen) atoms. The van der Waals surface area contributed by atoms with Gasteiger partial charge in [0.15, 0.2) is 0 Å². The van der Waals surface area contributed by atoms with E-state index >= 15 is 0 Å². The number of halogens is 2. The molecule has 0 amide bonds. The highest BCUT2D eigenvalue weighted by molar-refractivity contribution is 9.10. The van der Waals surface area contributed by atoms with Crippen molar-refractivity contribution < 1.29 is 9.47 Å². The Bertz CT molecular complexity index is 336. The van der Waals surface area contributed by atoms with Crippen molar-refractivity contribution in [3.8, 4) is 5.75 Å². The average molecular weight is 323 g/mol. The fourth-order valence-electron chi connectivity index (χ4n) is 1.24. The van der Waals surface area contributed by atoms with Crippen LogP contribution in [0.15, 0.2) is 22.7 Å². The molecule has 0 aliphatic carbocycles. The van der Waals surface area contributed by atoms with Crippen molar-refractivity contribution in [3.05, 3.63) is 27.7 Å². The molecule has 1 N–H and O–H groups in total. The summed E-state index contributed by atoms with van der Waals surface area (Å²) in [6, 6.07) is 5.48. The Balaban J connectivity index is 2.14. The van der Waals surface area contributed by atoms with Gasteiger partial charge in [0.05, 0.1) is 11.1 Å². The van der Waals surface area contributed by atoms with Gasteiger partial charge in [-0.1, -0.05) is 11.6 Å². The molecule has 0 spiro atoms. The molecule has 0 saturated heterocycles. The minimum absolute atomic E-state index is 0.617. The lowest BCUT2D eigenvalue weighted by molar-refractivity contribution is 0.148. The first-order valence-corrected chi connectivity index (χ1v) is 6.77. The lowest BCUT2D eigenvalue weighted by Gasteiger charge is -2.09. The number of benzene rings is 1. The third-order valence-electron chi connectivity index (χ3n) is 2.06. The summed E-state index contributed by atoms with van der Waals surface area (Å²) >= 11 is 9.24. The van der Waals surface area contributed by atoms with Gasteiger partial charge in [-0.15, -0.1) is 0 Å². The second-order valence-corrected chi connectivity index (χ2v) is 4.66. The van der Waals surface area contributed by atoms with Gasteiger partial charge in [-0.25, -0.2) is 0 Å². The van der Waals surface area contributed by atoms with Gasteiger partial charge in [-0.05, 0) is 41.1 Å². The molecule has 96 valence electrons. The molecule has 0 heterocycles. The summed E-state index contributed by atoms with van der Waals surface area (Å²) in [5, 5.41) is 3.92. The standard InChI is InChI=1S/C12H17BrClNO2/c1-2-16-7-5-15-6-8-17-12-4-3-10(14)9-11(12)13/h3-4,9,15H,2,5-8H2,1H3. The van der Waals surface area contributed by atoms with Crippen molar-refractivity contribution in [1.82, 2.24) is 5.32 Å². The summed E-state index contributed by atoms with van der Waals surface area (Å²) < 4.78 is 11.7. The molecule has 0 unspecified atom stereocenters. The zero-order valence-electron chi connectivity index (χ0n) is 9.84. The van der Waals surface area contributed by atoms with E-state index in [1.54, 1.807) is 0 Å². The van der Waals surface area contributed by atoms with Crippen LogP contribution in [0.1, 0.15) is 6.92 Å². The molecular formula is C12H17BrClNO2. The van der Waals surface area contributed by atoms with Crippen LogP contribution in [0.3, 0.4) is 0 Å². The van der Waals surface area contributed by atoms with Crippen molar-refractivity contribution in [2.75, 3.05) is 32.9 Å². The van der Waals surface area contributed by atoms with Crippen LogP contribution < -0.4 is 10.1 Å². The van der Waals surface area contributed by atoms with Crippen LogP contribution in [0.2, 0.25) is 5.02 Å². The summed E-state index contributed by atoms with van der Waals surface area (Å²) in [5.74, 6) is 0.806. The largest absolute Gasteiger partial charge is 0.491 e. The van der Waals surface area contributed by atoms with Gasteiger partial charge in [0.2, 0.25) is 0 Å². The average Bonchev–Trinajstić information content (AvgIpc) is 2.30. The SMILES string of the molecule is CCOCCNCCOc1ccc(Cl)cc1Br. The first-order chi connectivity index (χ1) is 8.24. The maximum Gasteiger partial charge on any atom is 0.133 e. The van der Waals surface area contributed by atoms with E-state index in [1.807, 2.05) is 25.1 Å². The Morgan fingerprint density at radius 3 is 2.76 bits per heavy atom. The van der Waals surface area contributed by atoms with Crippen LogP contribution in [-0.2, 0) is 4.74 Å². The molecule has 0 bridgehead atoms. The molecule has 5 heteroatoms. The molecule has 0 saturated carbocycles. The van der Waals surface area contributed by atoms with Crippen LogP contribution in [0.5, 0.6) is 5.75 Å². The second kappa shape index (κ2) is 8.75. The molecule has 0 aliphatic rings.